The molecule has 27 heavy (non-hydrogen) atoms. The molecule has 0 aliphatic heterocycles. The highest BCUT2D eigenvalue weighted by molar-refractivity contribution is 7.88. The Morgan fingerprint density at radius 2 is 1.59 bits per heavy atom. The Morgan fingerprint density at radius 1 is 1.04 bits per heavy atom. The van der Waals surface area contributed by atoms with Crippen molar-refractivity contribution >= 4 is 21.6 Å². The van der Waals surface area contributed by atoms with E-state index >= 15 is 0 Å². The maximum Gasteiger partial charge on any atom is 0.239 e. The summed E-state index contributed by atoms with van der Waals surface area (Å²) in [5, 5.41) is 2.78. The van der Waals surface area contributed by atoms with E-state index in [4.69, 9.17) is 0 Å². The van der Waals surface area contributed by atoms with Gasteiger partial charge in [0.05, 0.1) is 12.8 Å². The number of amides is 1. The molecule has 1 atom stereocenters. The Morgan fingerprint density at radius 3 is 2.07 bits per heavy atom. The third kappa shape index (κ3) is 5.91. The van der Waals surface area contributed by atoms with E-state index in [1.54, 1.807) is 6.92 Å². The number of carbonyl (C=O) groups is 1. The smallest absolute Gasteiger partial charge is 0.239 e. The van der Waals surface area contributed by atoms with Gasteiger partial charge in [0, 0.05) is 11.7 Å². The van der Waals surface area contributed by atoms with E-state index in [9.17, 15) is 13.2 Å². The molecule has 1 unspecified atom stereocenters. The Labute approximate surface area is 162 Å². The molecule has 2 aromatic rings. The van der Waals surface area contributed by atoms with Crippen molar-refractivity contribution in [3.8, 4) is 0 Å². The molecular formula is C21H28N2O3S. The molecule has 0 aliphatic rings. The van der Waals surface area contributed by atoms with Crippen molar-refractivity contribution in [2.75, 3.05) is 18.1 Å². The zero-order valence-corrected chi connectivity index (χ0v) is 17.4. The Hall–Kier alpha value is -2.18. The van der Waals surface area contributed by atoms with Gasteiger partial charge in [0.2, 0.25) is 15.9 Å². The molecule has 0 saturated heterocycles. The molecule has 2 rings (SSSR count). The van der Waals surface area contributed by atoms with Crippen LogP contribution in [0.5, 0.6) is 0 Å². The van der Waals surface area contributed by atoms with Gasteiger partial charge in [0.1, 0.15) is 0 Å². The highest BCUT2D eigenvalue weighted by Gasteiger charge is 2.27. The predicted molar refractivity (Wildman–Crippen MR) is 110 cm³/mol. The number of nitrogens with one attached hydrogen (secondary N) is 1. The van der Waals surface area contributed by atoms with Gasteiger partial charge in [-0.15, -0.1) is 0 Å². The first-order valence-corrected chi connectivity index (χ1v) is 10.8. The molecule has 0 aromatic heterocycles. The lowest BCUT2D eigenvalue weighted by Crippen LogP contribution is -2.39. The summed E-state index contributed by atoms with van der Waals surface area (Å²) in [6, 6.07) is 16.5. The fourth-order valence-electron chi connectivity index (χ4n) is 2.83. The van der Waals surface area contributed by atoms with Gasteiger partial charge in [-0.25, -0.2) is 8.42 Å². The van der Waals surface area contributed by atoms with E-state index in [0.717, 1.165) is 17.4 Å². The lowest BCUT2D eigenvalue weighted by Gasteiger charge is -2.26. The second kappa shape index (κ2) is 8.23. The summed E-state index contributed by atoms with van der Waals surface area (Å²) in [5.74, 6) is -0.369. The van der Waals surface area contributed by atoms with E-state index in [1.165, 1.54) is 4.31 Å². The summed E-state index contributed by atoms with van der Waals surface area (Å²) >= 11 is 0. The minimum atomic E-state index is -3.55. The number of nitrogens with zero attached hydrogens (tertiary/aromatic N) is 1. The number of benzene rings is 2. The van der Waals surface area contributed by atoms with Crippen LogP contribution in [0.2, 0.25) is 0 Å². The average molecular weight is 389 g/mol. The van der Waals surface area contributed by atoms with Gasteiger partial charge in [0.15, 0.2) is 0 Å². The van der Waals surface area contributed by atoms with E-state index in [1.807, 2.05) is 54.6 Å². The summed E-state index contributed by atoms with van der Waals surface area (Å²) in [4.78, 5) is 12.5. The van der Waals surface area contributed by atoms with Gasteiger partial charge >= 0.3 is 0 Å². The molecule has 1 amide bonds. The van der Waals surface area contributed by atoms with Crippen LogP contribution in [0.25, 0.3) is 0 Å². The summed E-state index contributed by atoms with van der Waals surface area (Å²) in [6.07, 6.45) is 1.12. The molecule has 0 bridgehead atoms. The number of hydrogen-bond acceptors (Lipinski definition) is 3. The Kier molecular flexibility index (Phi) is 6.44. The van der Waals surface area contributed by atoms with Gasteiger partial charge in [-0.2, -0.15) is 4.31 Å². The molecule has 0 fully saturated rings. The lowest BCUT2D eigenvalue weighted by molar-refractivity contribution is -0.116. The third-order valence-corrected chi connectivity index (χ3v) is 5.77. The molecule has 6 heteroatoms. The molecule has 146 valence electrons. The first-order chi connectivity index (χ1) is 12.5. The first-order valence-electron chi connectivity index (χ1n) is 8.90. The Balaban J connectivity index is 2.13. The van der Waals surface area contributed by atoms with Gasteiger partial charge in [0.25, 0.3) is 0 Å². The van der Waals surface area contributed by atoms with Crippen LogP contribution in [-0.4, -0.2) is 31.4 Å². The first kappa shape index (κ1) is 21.1. The van der Waals surface area contributed by atoms with Crippen LogP contribution in [0.1, 0.15) is 44.9 Å². The minimum Gasteiger partial charge on any atom is -0.325 e. The lowest BCUT2D eigenvalue weighted by atomic mass is 9.87. The second-order valence-electron chi connectivity index (χ2n) is 7.77. The second-order valence-corrected chi connectivity index (χ2v) is 9.71. The van der Waals surface area contributed by atoms with Crippen molar-refractivity contribution in [3.63, 3.8) is 0 Å². The fraction of sp³-hybridized carbons (Fsp3) is 0.381. The number of anilines is 1. The van der Waals surface area contributed by atoms with Crippen LogP contribution in [0.15, 0.2) is 54.6 Å². The number of hydrogen-bond donors (Lipinski definition) is 1. The fourth-order valence-corrected chi connectivity index (χ4v) is 3.88. The number of sulfonamides is 1. The van der Waals surface area contributed by atoms with Crippen LogP contribution < -0.4 is 5.32 Å². The Bertz CT molecular complexity index is 870. The normalized spacial score (nSPS) is 13.4. The SMILES string of the molecule is CC(c1ccccc1)N(CC(=O)Nc1ccc(C(C)(C)C)cc1)S(C)(=O)=O. The maximum absolute atomic E-state index is 12.5. The van der Waals surface area contributed by atoms with E-state index in [2.05, 4.69) is 26.1 Å². The van der Waals surface area contributed by atoms with Crippen LogP contribution in [0.3, 0.4) is 0 Å². The van der Waals surface area contributed by atoms with E-state index in [-0.39, 0.29) is 17.9 Å². The molecule has 2 aromatic carbocycles. The topological polar surface area (TPSA) is 66.5 Å². The summed E-state index contributed by atoms with van der Waals surface area (Å²) in [5.41, 5.74) is 2.68. The average Bonchev–Trinajstić information content (AvgIpc) is 2.58. The molecule has 0 aliphatic carbocycles. The van der Waals surface area contributed by atoms with E-state index < -0.39 is 16.1 Å². The summed E-state index contributed by atoms with van der Waals surface area (Å²) in [6.45, 7) is 7.90. The van der Waals surface area contributed by atoms with Crippen molar-refractivity contribution in [2.24, 2.45) is 0 Å². The van der Waals surface area contributed by atoms with Gasteiger partial charge < -0.3 is 5.32 Å². The van der Waals surface area contributed by atoms with Crippen LogP contribution >= 0.6 is 0 Å². The summed E-state index contributed by atoms with van der Waals surface area (Å²) < 4.78 is 25.7. The molecule has 0 spiro atoms. The van der Waals surface area contributed by atoms with Gasteiger partial charge in [-0.3, -0.25) is 4.79 Å². The molecule has 0 heterocycles. The predicted octanol–water partition coefficient (Wildman–Crippen LogP) is 3.95. The van der Waals surface area contributed by atoms with Crippen molar-refractivity contribution in [2.45, 2.75) is 39.2 Å². The minimum absolute atomic E-state index is 0.0285. The summed E-state index contributed by atoms with van der Waals surface area (Å²) in [7, 11) is -3.55. The van der Waals surface area contributed by atoms with Crippen molar-refractivity contribution in [1.29, 1.82) is 0 Å². The monoisotopic (exact) mass is 388 g/mol. The molecular weight excluding hydrogens is 360 g/mol. The number of rotatable bonds is 6. The van der Waals surface area contributed by atoms with Crippen LogP contribution in [0.4, 0.5) is 5.69 Å². The van der Waals surface area contributed by atoms with Crippen molar-refractivity contribution < 1.29 is 13.2 Å². The standard InChI is InChI=1S/C21H28N2O3S/c1-16(17-9-7-6-8-10-17)23(27(5,25)26)15-20(24)22-19-13-11-18(12-14-19)21(2,3)4/h6-14,16H,15H2,1-5H3,(H,22,24). The molecule has 1 N–H and O–H groups in total. The quantitative estimate of drug-likeness (QED) is 0.815. The third-order valence-electron chi connectivity index (χ3n) is 4.47. The van der Waals surface area contributed by atoms with E-state index in [0.29, 0.717) is 5.69 Å². The highest BCUT2D eigenvalue weighted by atomic mass is 32.2. The van der Waals surface area contributed by atoms with Crippen LogP contribution in [-0.2, 0) is 20.2 Å². The highest BCUT2D eigenvalue weighted by Crippen LogP contribution is 2.24. The zero-order chi connectivity index (χ0) is 20.2. The molecule has 5 nitrogen and oxygen atoms in total. The van der Waals surface area contributed by atoms with Gasteiger partial charge in [-0.1, -0.05) is 63.2 Å². The maximum atomic E-state index is 12.5. The molecule has 0 saturated carbocycles. The van der Waals surface area contributed by atoms with Crippen molar-refractivity contribution in [3.05, 3.63) is 65.7 Å². The largest absolute Gasteiger partial charge is 0.325 e. The van der Waals surface area contributed by atoms with Crippen molar-refractivity contribution in [1.82, 2.24) is 4.31 Å². The van der Waals surface area contributed by atoms with Gasteiger partial charge in [-0.05, 0) is 35.6 Å². The zero-order valence-electron chi connectivity index (χ0n) is 16.6. The number of carbonyl (C=O) groups excluding carboxylic acids is 1. The van der Waals surface area contributed by atoms with Crippen LogP contribution in [0, 0.1) is 0 Å². The molecule has 0 radical (unpaired) electrons.